The maximum atomic E-state index is 12.3. The van der Waals surface area contributed by atoms with Crippen molar-refractivity contribution >= 4 is 39.0 Å². The predicted octanol–water partition coefficient (Wildman–Crippen LogP) is 4.10. The van der Waals surface area contributed by atoms with Crippen molar-refractivity contribution in [2.45, 2.75) is 31.1 Å². The summed E-state index contributed by atoms with van der Waals surface area (Å²) in [7, 11) is -3.57. The number of anilines is 1. The average Bonchev–Trinajstić information content (AvgIpc) is 2.67. The fraction of sp³-hybridized carbons (Fsp3) is 0.300. The van der Waals surface area contributed by atoms with Crippen LogP contribution in [0.15, 0.2) is 53.4 Å². The smallest absolute Gasteiger partial charge is 0.338 e. The van der Waals surface area contributed by atoms with E-state index < -0.39 is 21.7 Å². The van der Waals surface area contributed by atoms with E-state index in [1.165, 1.54) is 24.3 Å². The van der Waals surface area contributed by atoms with E-state index in [9.17, 15) is 18.0 Å². The highest BCUT2D eigenvalue weighted by Gasteiger charge is 2.16. The van der Waals surface area contributed by atoms with Crippen molar-refractivity contribution in [3.8, 4) is 0 Å². The summed E-state index contributed by atoms with van der Waals surface area (Å²) in [4.78, 5) is 24.0. The number of ether oxygens (including phenoxy) is 1. The van der Waals surface area contributed by atoms with Crippen molar-refractivity contribution in [3.05, 3.63) is 59.1 Å². The highest BCUT2D eigenvalue weighted by molar-refractivity contribution is 7.91. The molecule has 0 aliphatic rings. The predicted molar refractivity (Wildman–Crippen MR) is 108 cm³/mol. The maximum Gasteiger partial charge on any atom is 0.338 e. The van der Waals surface area contributed by atoms with E-state index in [2.05, 4.69) is 5.32 Å². The molecule has 2 aromatic carbocycles. The molecule has 0 aliphatic carbocycles. The molecular weight excluding hydrogens is 402 g/mol. The zero-order chi connectivity index (χ0) is 20.6. The van der Waals surface area contributed by atoms with Gasteiger partial charge < -0.3 is 10.1 Å². The largest absolute Gasteiger partial charge is 0.462 e. The Morgan fingerprint density at radius 3 is 2.29 bits per heavy atom. The van der Waals surface area contributed by atoms with Crippen LogP contribution in [0.3, 0.4) is 0 Å². The van der Waals surface area contributed by atoms with Crippen LogP contribution in [0.4, 0.5) is 5.69 Å². The van der Waals surface area contributed by atoms with Crippen LogP contribution in [-0.4, -0.2) is 32.7 Å². The van der Waals surface area contributed by atoms with E-state index in [0.717, 1.165) is 12.8 Å². The molecule has 150 valence electrons. The third-order valence-electron chi connectivity index (χ3n) is 3.91. The minimum Gasteiger partial charge on any atom is -0.462 e. The normalized spacial score (nSPS) is 11.1. The summed E-state index contributed by atoms with van der Waals surface area (Å²) in [6.45, 7) is 2.38. The number of hydrogen-bond donors (Lipinski definition) is 1. The summed E-state index contributed by atoms with van der Waals surface area (Å²) in [5.74, 6) is -1.17. The van der Waals surface area contributed by atoms with Crippen molar-refractivity contribution in [2.75, 3.05) is 17.7 Å². The molecule has 0 aromatic heterocycles. The second kappa shape index (κ2) is 10.2. The molecule has 0 bridgehead atoms. The molecule has 0 heterocycles. The lowest BCUT2D eigenvalue weighted by atomic mass is 10.2. The zero-order valence-corrected chi connectivity index (χ0v) is 17.1. The first-order valence-corrected chi connectivity index (χ1v) is 10.9. The van der Waals surface area contributed by atoms with Gasteiger partial charge in [0.25, 0.3) is 0 Å². The Balaban J connectivity index is 1.87. The summed E-state index contributed by atoms with van der Waals surface area (Å²) in [6.07, 6.45) is 1.55. The first kappa shape index (κ1) is 21.9. The van der Waals surface area contributed by atoms with Gasteiger partial charge in [0.2, 0.25) is 5.91 Å². The highest BCUT2D eigenvalue weighted by Crippen LogP contribution is 2.17. The fourth-order valence-electron chi connectivity index (χ4n) is 2.29. The van der Waals surface area contributed by atoms with Gasteiger partial charge in [-0.15, -0.1) is 0 Å². The average molecular weight is 424 g/mol. The van der Waals surface area contributed by atoms with Crippen LogP contribution in [0.5, 0.6) is 0 Å². The quantitative estimate of drug-likeness (QED) is 0.484. The molecule has 0 atom stereocenters. The molecule has 0 fully saturated rings. The van der Waals surface area contributed by atoms with Gasteiger partial charge in [-0.2, -0.15) is 0 Å². The van der Waals surface area contributed by atoms with Crippen LogP contribution >= 0.6 is 11.6 Å². The molecule has 2 aromatic rings. The minimum absolute atomic E-state index is 0.121. The van der Waals surface area contributed by atoms with Crippen molar-refractivity contribution in [1.82, 2.24) is 0 Å². The molecule has 0 unspecified atom stereocenters. The number of esters is 1. The van der Waals surface area contributed by atoms with Gasteiger partial charge in [0.1, 0.15) is 0 Å². The summed E-state index contributed by atoms with van der Waals surface area (Å²) < 4.78 is 29.6. The van der Waals surface area contributed by atoms with Crippen LogP contribution < -0.4 is 5.32 Å². The lowest BCUT2D eigenvalue weighted by molar-refractivity contribution is -0.115. The second-order valence-electron chi connectivity index (χ2n) is 6.14. The van der Waals surface area contributed by atoms with E-state index >= 15 is 0 Å². The Morgan fingerprint density at radius 1 is 1.04 bits per heavy atom. The summed E-state index contributed by atoms with van der Waals surface area (Å²) >= 11 is 5.75. The molecule has 0 saturated heterocycles. The van der Waals surface area contributed by atoms with Gasteiger partial charge >= 0.3 is 5.97 Å². The Morgan fingerprint density at radius 2 is 1.68 bits per heavy atom. The fourth-order valence-corrected chi connectivity index (χ4v) is 3.66. The van der Waals surface area contributed by atoms with Crippen molar-refractivity contribution < 1.29 is 22.7 Å². The number of sulfone groups is 1. The van der Waals surface area contributed by atoms with Gasteiger partial charge in [-0.1, -0.05) is 24.9 Å². The van der Waals surface area contributed by atoms with Gasteiger partial charge in [-0.05, 0) is 55.0 Å². The molecule has 0 spiro atoms. The molecule has 1 amide bonds. The standard InChI is InChI=1S/C20H22ClNO5S/c1-2-3-13-27-20(24)15-4-8-17(9-5-15)22-19(23)12-14-28(25,26)18-10-6-16(21)7-11-18/h4-11H,2-3,12-14H2,1H3,(H,22,23). The van der Waals surface area contributed by atoms with Crippen LogP contribution in [0.1, 0.15) is 36.5 Å². The number of amides is 1. The first-order chi connectivity index (χ1) is 13.3. The first-order valence-electron chi connectivity index (χ1n) is 8.87. The molecule has 1 N–H and O–H groups in total. The van der Waals surface area contributed by atoms with Crippen LogP contribution in [-0.2, 0) is 19.4 Å². The van der Waals surface area contributed by atoms with Crippen LogP contribution in [0, 0.1) is 0 Å². The summed E-state index contributed by atoms with van der Waals surface area (Å²) in [5.41, 5.74) is 0.860. The number of unbranched alkanes of at least 4 members (excludes halogenated alkanes) is 1. The minimum atomic E-state index is -3.57. The number of nitrogens with one attached hydrogen (secondary N) is 1. The topological polar surface area (TPSA) is 89.5 Å². The third-order valence-corrected chi connectivity index (χ3v) is 5.89. The number of halogens is 1. The van der Waals surface area contributed by atoms with Gasteiger partial charge in [-0.3, -0.25) is 4.79 Å². The van der Waals surface area contributed by atoms with Crippen LogP contribution in [0.2, 0.25) is 5.02 Å². The van der Waals surface area contributed by atoms with E-state index in [0.29, 0.717) is 22.9 Å². The van der Waals surface area contributed by atoms with E-state index in [1.54, 1.807) is 24.3 Å². The van der Waals surface area contributed by atoms with Crippen molar-refractivity contribution in [2.24, 2.45) is 0 Å². The second-order valence-corrected chi connectivity index (χ2v) is 8.68. The molecule has 28 heavy (non-hydrogen) atoms. The molecule has 6 nitrogen and oxygen atoms in total. The number of carbonyl (C=O) groups excluding carboxylic acids is 2. The molecular formula is C20H22ClNO5S. The lowest BCUT2D eigenvalue weighted by Gasteiger charge is -2.08. The van der Waals surface area contributed by atoms with Crippen molar-refractivity contribution in [3.63, 3.8) is 0 Å². The third kappa shape index (κ3) is 6.65. The van der Waals surface area contributed by atoms with E-state index in [4.69, 9.17) is 16.3 Å². The molecule has 0 aliphatic heterocycles. The number of rotatable bonds is 9. The van der Waals surface area contributed by atoms with E-state index in [-0.39, 0.29) is 17.1 Å². The van der Waals surface area contributed by atoms with Gasteiger partial charge in [0.05, 0.1) is 22.8 Å². The van der Waals surface area contributed by atoms with Crippen LogP contribution in [0.25, 0.3) is 0 Å². The highest BCUT2D eigenvalue weighted by atomic mass is 35.5. The zero-order valence-electron chi connectivity index (χ0n) is 15.5. The van der Waals surface area contributed by atoms with Gasteiger partial charge in [0.15, 0.2) is 9.84 Å². The van der Waals surface area contributed by atoms with Gasteiger partial charge in [-0.25, -0.2) is 13.2 Å². The number of hydrogen-bond acceptors (Lipinski definition) is 5. The molecule has 2 rings (SSSR count). The molecule has 0 saturated carbocycles. The SMILES string of the molecule is CCCCOC(=O)c1ccc(NC(=O)CCS(=O)(=O)c2ccc(Cl)cc2)cc1. The Bertz CT molecular complexity index is 909. The number of benzene rings is 2. The summed E-state index contributed by atoms with van der Waals surface area (Å²) in [6, 6.07) is 12.0. The summed E-state index contributed by atoms with van der Waals surface area (Å²) in [5, 5.41) is 3.06. The lowest BCUT2D eigenvalue weighted by Crippen LogP contribution is -2.17. The van der Waals surface area contributed by atoms with Crippen molar-refractivity contribution in [1.29, 1.82) is 0 Å². The molecule has 8 heteroatoms. The monoisotopic (exact) mass is 423 g/mol. The van der Waals surface area contributed by atoms with E-state index in [1.807, 2.05) is 6.92 Å². The Kier molecular flexibility index (Phi) is 8.02. The molecule has 0 radical (unpaired) electrons. The maximum absolute atomic E-state index is 12.3. The Labute approximate surface area is 169 Å². The Hall–Kier alpha value is -2.38. The number of carbonyl (C=O) groups is 2. The van der Waals surface area contributed by atoms with Gasteiger partial charge in [0, 0.05) is 17.1 Å².